The van der Waals surface area contributed by atoms with E-state index in [1.165, 1.54) is 0 Å². The highest BCUT2D eigenvalue weighted by Gasteiger charge is 2.09. The number of aliphatic hydroxyl groups excluding tert-OH is 1. The molecule has 0 atom stereocenters. The minimum atomic E-state index is -0.0345. The maximum Gasteiger partial charge on any atom is 0.130 e. The molecule has 0 aliphatic heterocycles. The number of rotatable bonds is 6. The molecule has 4 nitrogen and oxygen atoms in total. The molecule has 1 aromatic carbocycles. The Kier molecular flexibility index (Phi) is 5.52. The van der Waals surface area contributed by atoms with Crippen molar-refractivity contribution in [1.29, 1.82) is 0 Å². The minimum absolute atomic E-state index is 0.0345. The Hall–Kier alpha value is -1.52. The third-order valence-electron chi connectivity index (χ3n) is 2.39. The molecule has 0 saturated carbocycles. The lowest BCUT2D eigenvalue weighted by Gasteiger charge is -2.12. The monoisotopic (exact) mass is 237 g/mol. The fourth-order valence-corrected chi connectivity index (χ4v) is 1.54. The average Bonchev–Trinajstić information content (AvgIpc) is 2.38. The number of ether oxygens (including phenoxy) is 2. The molecule has 0 radical (unpaired) electrons. The lowest BCUT2D eigenvalue weighted by molar-refractivity contribution is 0.280. The molecule has 0 fully saturated rings. The van der Waals surface area contributed by atoms with Crippen molar-refractivity contribution in [2.75, 3.05) is 27.8 Å². The van der Waals surface area contributed by atoms with Gasteiger partial charge < -0.3 is 19.9 Å². The Labute approximate surface area is 102 Å². The van der Waals surface area contributed by atoms with E-state index in [2.05, 4.69) is 5.32 Å². The van der Waals surface area contributed by atoms with Gasteiger partial charge >= 0.3 is 0 Å². The van der Waals surface area contributed by atoms with Crippen molar-refractivity contribution < 1.29 is 14.6 Å². The Morgan fingerprint density at radius 3 is 2.24 bits per heavy atom. The molecular formula is C13H19NO3. The summed E-state index contributed by atoms with van der Waals surface area (Å²) >= 11 is 0. The van der Waals surface area contributed by atoms with Gasteiger partial charge in [0.1, 0.15) is 11.5 Å². The molecule has 1 rings (SSSR count). The van der Waals surface area contributed by atoms with E-state index in [1.807, 2.05) is 31.3 Å². The molecule has 2 N–H and O–H groups in total. The summed E-state index contributed by atoms with van der Waals surface area (Å²) in [7, 11) is 5.09. The first-order valence-electron chi connectivity index (χ1n) is 5.43. The van der Waals surface area contributed by atoms with Crippen LogP contribution in [0, 0.1) is 0 Å². The van der Waals surface area contributed by atoms with Gasteiger partial charge in [0.25, 0.3) is 0 Å². The summed E-state index contributed by atoms with van der Waals surface area (Å²) in [6.07, 6.45) is 3.92. The predicted molar refractivity (Wildman–Crippen MR) is 68.4 cm³/mol. The van der Waals surface area contributed by atoms with E-state index >= 15 is 0 Å². The van der Waals surface area contributed by atoms with Crippen LogP contribution < -0.4 is 14.8 Å². The summed E-state index contributed by atoms with van der Waals surface area (Å²) < 4.78 is 10.6. The maximum absolute atomic E-state index is 9.14. The Bertz CT molecular complexity index is 363. The summed E-state index contributed by atoms with van der Waals surface area (Å²) in [5.41, 5.74) is 1.65. The van der Waals surface area contributed by atoms with Gasteiger partial charge in [-0.3, -0.25) is 0 Å². The molecule has 4 heteroatoms. The molecule has 0 aliphatic rings. The average molecular weight is 237 g/mol. The lowest BCUT2D eigenvalue weighted by Crippen LogP contribution is -2.04. The topological polar surface area (TPSA) is 50.7 Å². The molecule has 94 valence electrons. The molecule has 0 aromatic heterocycles. The molecule has 0 bridgehead atoms. The summed E-state index contributed by atoms with van der Waals surface area (Å²) in [4.78, 5) is 0. The largest absolute Gasteiger partial charge is 0.496 e. The normalized spacial score (nSPS) is 10.8. The second-order valence-electron chi connectivity index (χ2n) is 3.53. The van der Waals surface area contributed by atoms with Gasteiger partial charge in [0.05, 0.1) is 26.4 Å². The van der Waals surface area contributed by atoms with Crippen LogP contribution in [0.1, 0.15) is 11.1 Å². The molecule has 0 aliphatic carbocycles. The van der Waals surface area contributed by atoms with Crippen LogP contribution in [0.3, 0.4) is 0 Å². The third kappa shape index (κ3) is 3.47. The van der Waals surface area contributed by atoms with E-state index in [1.54, 1.807) is 14.2 Å². The fraction of sp³-hybridized carbons (Fsp3) is 0.385. The van der Waals surface area contributed by atoms with E-state index in [4.69, 9.17) is 14.6 Å². The minimum Gasteiger partial charge on any atom is -0.496 e. The molecule has 0 heterocycles. The standard InChI is InChI=1S/C13H19NO3/c1-14-6-4-5-11-12(16-2)7-10(9-15)8-13(11)17-3/h4-5,7-8,14-15H,6,9H2,1-3H3. The second kappa shape index (κ2) is 6.93. The summed E-state index contributed by atoms with van der Waals surface area (Å²) in [6, 6.07) is 3.61. The van der Waals surface area contributed by atoms with Crippen LogP contribution >= 0.6 is 0 Å². The molecule has 0 unspecified atom stereocenters. The van der Waals surface area contributed by atoms with E-state index < -0.39 is 0 Å². The number of hydrogen-bond acceptors (Lipinski definition) is 4. The Morgan fingerprint density at radius 1 is 1.24 bits per heavy atom. The van der Waals surface area contributed by atoms with Gasteiger partial charge in [0.2, 0.25) is 0 Å². The van der Waals surface area contributed by atoms with Gasteiger partial charge in [-0.2, -0.15) is 0 Å². The van der Waals surface area contributed by atoms with Crippen LogP contribution in [0.2, 0.25) is 0 Å². The zero-order chi connectivity index (χ0) is 12.7. The fourth-order valence-electron chi connectivity index (χ4n) is 1.54. The van der Waals surface area contributed by atoms with Crippen molar-refractivity contribution in [1.82, 2.24) is 5.32 Å². The first-order chi connectivity index (χ1) is 8.26. The molecular weight excluding hydrogens is 218 g/mol. The third-order valence-corrected chi connectivity index (χ3v) is 2.39. The number of likely N-dealkylation sites (N-methyl/N-ethyl adjacent to an activating group) is 1. The molecule has 0 saturated heterocycles. The number of aliphatic hydroxyl groups is 1. The van der Waals surface area contributed by atoms with Crippen molar-refractivity contribution in [3.05, 3.63) is 29.3 Å². The van der Waals surface area contributed by atoms with Crippen LogP contribution in [-0.4, -0.2) is 32.9 Å². The SMILES string of the molecule is CNCC=Cc1c(OC)cc(CO)cc1OC. The maximum atomic E-state index is 9.14. The van der Waals surface area contributed by atoms with Gasteiger partial charge in [0, 0.05) is 6.54 Å². The highest BCUT2D eigenvalue weighted by atomic mass is 16.5. The van der Waals surface area contributed by atoms with E-state index in [0.717, 1.165) is 17.7 Å². The van der Waals surface area contributed by atoms with E-state index in [0.29, 0.717) is 11.5 Å². The highest BCUT2D eigenvalue weighted by Crippen LogP contribution is 2.31. The molecule has 0 amide bonds. The van der Waals surface area contributed by atoms with Crippen molar-refractivity contribution in [2.24, 2.45) is 0 Å². The summed E-state index contributed by atoms with van der Waals surface area (Å²) in [5, 5.41) is 12.2. The van der Waals surface area contributed by atoms with Gasteiger partial charge in [0.15, 0.2) is 0 Å². The van der Waals surface area contributed by atoms with Crippen molar-refractivity contribution in [2.45, 2.75) is 6.61 Å². The van der Waals surface area contributed by atoms with Crippen molar-refractivity contribution in [3.8, 4) is 11.5 Å². The van der Waals surface area contributed by atoms with Crippen LogP contribution in [0.15, 0.2) is 18.2 Å². The summed E-state index contributed by atoms with van der Waals surface area (Å²) in [6.45, 7) is 0.737. The van der Waals surface area contributed by atoms with Crippen LogP contribution in [0.4, 0.5) is 0 Å². The van der Waals surface area contributed by atoms with Crippen LogP contribution in [-0.2, 0) is 6.61 Å². The van der Waals surface area contributed by atoms with Gasteiger partial charge in [-0.25, -0.2) is 0 Å². The zero-order valence-corrected chi connectivity index (χ0v) is 10.5. The number of nitrogens with one attached hydrogen (secondary N) is 1. The predicted octanol–water partition coefficient (Wildman–Crippen LogP) is 1.43. The first-order valence-corrected chi connectivity index (χ1v) is 5.43. The van der Waals surface area contributed by atoms with Crippen LogP contribution in [0.25, 0.3) is 6.08 Å². The van der Waals surface area contributed by atoms with Gasteiger partial charge in [-0.15, -0.1) is 0 Å². The quantitative estimate of drug-likeness (QED) is 0.786. The van der Waals surface area contributed by atoms with Gasteiger partial charge in [-0.05, 0) is 24.7 Å². The lowest BCUT2D eigenvalue weighted by atomic mass is 10.1. The van der Waals surface area contributed by atoms with Crippen molar-refractivity contribution in [3.63, 3.8) is 0 Å². The highest BCUT2D eigenvalue weighted by molar-refractivity contribution is 5.65. The molecule has 1 aromatic rings. The first kappa shape index (κ1) is 13.5. The zero-order valence-electron chi connectivity index (χ0n) is 10.5. The molecule has 17 heavy (non-hydrogen) atoms. The van der Waals surface area contributed by atoms with E-state index in [9.17, 15) is 0 Å². The number of hydrogen-bond donors (Lipinski definition) is 2. The van der Waals surface area contributed by atoms with Gasteiger partial charge in [-0.1, -0.05) is 12.2 Å². The smallest absolute Gasteiger partial charge is 0.130 e. The Morgan fingerprint density at radius 2 is 1.82 bits per heavy atom. The van der Waals surface area contributed by atoms with E-state index in [-0.39, 0.29) is 6.61 Å². The van der Waals surface area contributed by atoms with Crippen LogP contribution in [0.5, 0.6) is 11.5 Å². The van der Waals surface area contributed by atoms with Crippen molar-refractivity contribution >= 4 is 6.08 Å². The number of benzene rings is 1. The molecule has 0 spiro atoms. The second-order valence-corrected chi connectivity index (χ2v) is 3.53. The Balaban J connectivity index is 3.15. The number of methoxy groups -OCH3 is 2. The summed E-state index contributed by atoms with van der Waals surface area (Å²) in [5.74, 6) is 1.39.